The van der Waals surface area contributed by atoms with Gasteiger partial charge in [0.2, 0.25) is 0 Å². The third-order valence-electron chi connectivity index (χ3n) is 4.12. The number of rotatable bonds is 1. The van der Waals surface area contributed by atoms with Crippen LogP contribution in [0.1, 0.15) is 34.7 Å². The number of hydrogen-bond acceptors (Lipinski definition) is 2. The average Bonchev–Trinajstić information content (AvgIpc) is 2.32. The van der Waals surface area contributed by atoms with Crippen LogP contribution in [0.4, 0.5) is 0 Å². The van der Waals surface area contributed by atoms with Crippen molar-refractivity contribution in [1.82, 2.24) is 10.6 Å². The van der Waals surface area contributed by atoms with E-state index in [0.717, 1.165) is 5.56 Å². The lowest BCUT2D eigenvalue weighted by molar-refractivity contribution is -0.142. The first-order valence-electron chi connectivity index (χ1n) is 6.44. The second kappa shape index (κ2) is 4.37. The van der Waals surface area contributed by atoms with Crippen molar-refractivity contribution < 1.29 is 9.59 Å². The van der Waals surface area contributed by atoms with Crippen molar-refractivity contribution in [3.05, 3.63) is 33.9 Å². The van der Waals surface area contributed by atoms with Gasteiger partial charge in [-0.05, 0) is 62.4 Å². The SMILES string of the molecule is Cc1cc(C)c(C)c(C2(C)CNC(=O)C(=O)N2)c1C. The maximum absolute atomic E-state index is 11.7. The highest BCUT2D eigenvalue weighted by Crippen LogP contribution is 2.32. The van der Waals surface area contributed by atoms with Gasteiger partial charge in [0.1, 0.15) is 0 Å². The molecule has 4 heteroatoms. The average molecular weight is 260 g/mol. The van der Waals surface area contributed by atoms with E-state index in [-0.39, 0.29) is 0 Å². The molecule has 1 heterocycles. The molecule has 1 fully saturated rings. The second-order valence-corrected chi connectivity index (χ2v) is 5.60. The van der Waals surface area contributed by atoms with Gasteiger partial charge in [0.15, 0.2) is 0 Å². The summed E-state index contributed by atoms with van der Waals surface area (Å²) >= 11 is 0. The van der Waals surface area contributed by atoms with Gasteiger partial charge < -0.3 is 10.6 Å². The molecule has 0 spiro atoms. The van der Waals surface area contributed by atoms with E-state index in [0.29, 0.717) is 6.54 Å². The highest BCUT2D eigenvalue weighted by molar-refractivity contribution is 6.35. The molecule has 2 rings (SSSR count). The molecule has 1 aromatic rings. The maximum atomic E-state index is 11.7. The topological polar surface area (TPSA) is 58.2 Å². The normalized spacial score (nSPS) is 23.0. The molecule has 1 aliphatic rings. The minimum atomic E-state index is -0.563. The summed E-state index contributed by atoms with van der Waals surface area (Å²) in [6.07, 6.45) is 0. The van der Waals surface area contributed by atoms with Crippen molar-refractivity contribution >= 4 is 11.8 Å². The summed E-state index contributed by atoms with van der Waals surface area (Å²) < 4.78 is 0. The zero-order valence-corrected chi connectivity index (χ0v) is 12.1. The van der Waals surface area contributed by atoms with Crippen LogP contribution in [0.25, 0.3) is 0 Å². The van der Waals surface area contributed by atoms with Crippen LogP contribution in [0.15, 0.2) is 6.07 Å². The largest absolute Gasteiger partial charge is 0.345 e. The molecule has 1 unspecified atom stereocenters. The zero-order chi connectivity index (χ0) is 14.4. The molecule has 0 aliphatic carbocycles. The van der Waals surface area contributed by atoms with Crippen LogP contribution in [-0.4, -0.2) is 18.4 Å². The summed E-state index contributed by atoms with van der Waals surface area (Å²) in [5.74, 6) is -1.12. The van der Waals surface area contributed by atoms with E-state index < -0.39 is 17.4 Å². The molecule has 0 radical (unpaired) electrons. The number of carbonyl (C=O) groups is 2. The van der Waals surface area contributed by atoms with Crippen LogP contribution >= 0.6 is 0 Å². The van der Waals surface area contributed by atoms with Crippen molar-refractivity contribution in [1.29, 1.82) is 0 Å². The standard InChI is InChI=1S/C15H20N2O2/c1-8-6-9(2)11(4)12(10(8)3)15(5)7-16-13(18)14(19)17-15/h6H,7H2,1-5H3,(H,16,18)(H,17,19). The van der Waals surface area contributed by atoms with Gasteiger partial charge in [0.05, 0.1) is 5.54 Å². The Balaban J connectivity index is 2.58. The Hall–Kier alpha value is -1.84. The highest BCUT2D eigenvalue weighted by Gasteiger charge is 2.38. The van der Waals surface area contributed by atoms with E-state index >= 15 is 0 Å². The van der Waals surface area contributed by atoms with Crippen LogP contribution in [0.5, 0.6) is 0 Å². The minimum absolute atomic E-state index is 0.419. The molecule has 1 atom stereocenters. The third kappa shape index (κ3) is 2.11. The van der Waals surface area contributed by atoms with Gasteiger partial charge >= 0.3 is 11.8 Å². The summed E-state index contributed by atoms with van der Waals surface area (Å²) in [5, 5.41) is 5.51. The summed E-state index contributed by atoms with van der Waals surface area (Å²) in [4.78, 5) is 22.9. The number of carbonyl (C=O) groups excluding carboxylic acids is 2. The maximum Gasteiger partial charge on any atom is 0.310 e. The molecule has 2 N–H and O–H groups in total. The molecular formula is C15H20N2O2. The number of amides is 2. The molecule has 1 aromatic carbocycles. The van der Waals surface area contributed by atoms with E-state index in [1.165, 1.54) is 22.3 Å². The highest BCUT2D eigenvalue weighted by atomic mass is 16.2. The molecule has 1 aliphatic heterocycles. The van der Waals surface area contributed by atoms with Gasteiger partial charge in [-0.1, -0.05) is 6.07 Å². The van der Waals surface area contributed by atoms with E-state index in [2.05, 4.69) is 44.4 Å². The van der Waals surface area contributed by atoms with E-state index in [1.807, 2.05) is 6.92 Å². The van der Waals surface area contributed by atoms with Crippen LogP contribution in [0, 0.1) is 27.7 Å². The summed E-state index contributed by atoms with van der Waals surface area (Å²) in [7, 11) is 0. The molecule has 0 bridgehead atoms. The molecule has 2 amide bonds. The van der Waals surface area contributed by atoms with Gasteiger partial charge in [-0.2, -0.15) is 0 Å². The number of benzene rings is 1. The van der Waals surface area contributed by atoms with Crippen LogP contribution in [-0.2, 0) is 15.1 Å². The minimum Gasteiger partial charge on any atom is -0.345 e. The van der Waals surface area contributed by atoms with Crippen molar-refractivity contribution in [2.24, 2.45) is 0 Å². The molecule has 0 saturated carbocycles. The summed E-state index contributed by atoms with van der Waals surface area (Å²) in [6.45, 7) is 10.6. The van der Waals surface area contributed by atoms with Crippen molar-refractivity contribution in [3.8, 4) is 0 Å². The number of hydrogen-bond donors (Lipinski definition) is 2. The van der Waals surface area contributed by atoms with E-state index in [9.17, 15) is 9.59 Å². The number of aryl methyl sites for hydroxylation is 2. The van der Waals surface area contributed by atoms with Gasteiger partial charge in [0.25, 0.3) is 0 Å². The fourth-order valence-electron chi connectivity index (χ4n) is 2.88. The van der Waals surface area contributed by atoms with Crippen molar-refractivity contribution in [2.75, 3.05) is 6.54 Å². The lowest BCUT2D eigenvalue weighted by Gasteiger charge is -2.38. The molecule has 1 saturated heterocycles. The number of piperazine rings is 1. The summed E-state index contributed by atoms with van der Waals surface area (Å²) in [6, 6.07) is 2.15. The van der Waals surface area contributed by atoms with Crippen molar-refractivity contribution in [2.45, 2.75) is 40.2 Å². The van der Waals surface area contributed by atoms with E-state index in [1.54, 1.807) is 0 Å². The van der Waals surface area contributed by atoms with Crippen LogP contribution in [0.3, 0.4) is 0 Å². The first kappa shape index (κ1) is 13.6. The lowest BCUT2D eigenvalue weighted by atomic mass is 9.81. The lowest BCUT2D eigenvalue weighted by Crippen LogP contribution is -2.61. The Labute approximate surface area is 113 Å². The molecule has 4 nitrogen and oxygen atoms in total. The van der Waals surface area contributed by atoms with Gasteiger partial charge in [0, 0.05) is 6.54 Å². The Morgan fingerprint density at radius 2 is 1.53 bits per heavy atom. The Bertz CT molecular complexity index is 552. The molecule has 19 heavy (non-hydrogen) atoms. The van der Waals surface area contributed by atoms with Crippen LogP contribution < -0.4 is 10.6 Å². The fraction of sp³-hybridized carbons (Fsp3) is 0.467. The first-order valence-corrected chi connectivity index (χ1v) is 6.44. The number of nitrogens with one attached hydrogen (secondary N) is 2. The predicted molar refractivity (Wildman–Crippen MR) is 73.9 cm³/mol. The molecule has 0 aromatic heterocycles. The quantitative estimate of drug-likeness (QED) is 0.750. The van der Waals surface area contributed by atoms with Gasteiger partial charge in [-0.25, -0.2) is 0 Å². The van der Waals surface area contributed by atoms with Gasteiger partial charge in [-0.3, -0.25) is 9.59 Å². The monoisotopic (exact) mass is 260 g/mol. The van der Waals surface area contributed by atoms with Crippen molar-refractivity contribution in [3.63, 3.8) is 0 Å². The second-order valence-electron chi connectivity index (χ2n) is 5.60. The molecular weight excluding hydrogens is 240 g/mol. The third-order valence-corrected chi connectivity index (χ3v) is 4.12. The fourth-order valence-corrected chi connectivity index (χ4v) is 2.88. The van der Waals surface area contributed by atoms with Crippen LogP contribution in [0.2, 0.25) is 0 Å². The van der Waals surface area contributed by atoms with Gasteiger partial charge in [-0.15, -0.1) is 0 Å². The smallest absolute Gasteiger partial charge is 0.310 e. The van der Waals surface area contributed by atoms with E-state index in [4.69, 9.17) is 0 Å². The first-order chi connectivity index (χ1) is 8.76. The predicted octanol–water partition coefficient (Wildman–Crippen LogP) is 1.38. The Morgan fingerprint density at radius 3 is 2.00 bits per heavy atom. The Morgan fingerprint density at radius 1 is 1.00 bits per heavy atom. The zero-order valence-electron chi connectivity index (χ0n) is 12.1. The molecule has 102 valence electrons. The Kier molecular flexibility index (Phi) is 3.12. The summed E-state index contributed by atoms with van der Waals surface area (Å²) in [5.41, 5.74) is 5.30.